The van der Waals surface area contributed by atoms with E-state index in [9.17, 15) is 0 Å². The van der Waals surface area contributed by atoms with E-state index in [1.165, 1.54) is 38.8 Å². The lowest BCUT2D eigenvalue weighted by molar-refractivity contribution is 0.0482. The van der Waals surface area contributed by atoms with Gasteiger partial charge >= 0.3 is 0 Å². The fourth-order valence-corrected chi connectivity index (χ4v) is 4.22. The lowest BCUT2D eigenvalue weighted by atomic mass is 9.92. The van der Waals surface area contributed by atoms with Gasteiger partial charge in [-0.3, -0.25) is 4.98 Å². The van der Waals surface area contributed by atoms with Crippen LogP contribution in [0.2, 0.25) is 0 Å². The van der Waals surface area contributed by atoms with Gasteiger partial charge < -0.3 is 15.0 Å². The zero-order valence-corrected chi connectivity index (χ0v) is 16.1. The molecule has 4 heterocycles. The third kappa shape index (κ3) is 4.82. The highest BCUT2D eigenvalue weighted by atomic mass is 16.5. The zero-order chi connectivity index (χ0) is 18.5. The Kier molecular flexibility index (Phi) is 5.94. The fourth-order valence-electron chi connectivity index (χ4n) is 4.22. The van der Waals surface area contributed by atoms with Crippen LogP contribution in [0.3, 0.4) is 0 Å². The first-order valence-electron chi connectivity index (χ1n) is 10.1. The van der Waals surface area contributed by atoms with Crippen molar-refractivity contribution in [3.8, 4) is 0 Å². The van der Waals surface area contributed by atoms with E-state index in [1.807, 2.05) is 31.3 Å². The number of nitrogens with one attached hydrogen (secondary N) is 1. The molecule has 144 valence electrons. The number of piperidine rings is 1. The van der Waals surface area contributed by atoms with Crippen LogP contribution in [0.1, 0.15) is 43.0 Å². The molecule has 1 atom stereocenters. The number of hydrogen-bond donors (Lipinski definition) is 1. The van der Waals surface area contributed by atoms with Crippen LogP contribution >= 0.6 is 0 Å². The highest BCUT2D eigenvalue weighted by Crippen LogP contribution is 2.31. The van der Waals surface area contributed by atoms with Gasteiger partial charge in [-0.2, -0.15) is 0 Å². The van der Waals surface area contributed by atoms with E-state index in [2.05, 4.69) is 20.2 Å². The SMILES string of the molecule is Cc1cccc(Nc2nccnc2C2CCCN(CC3CCOCC3)C2)n1. The number of aromatic nitrogens is 3. The molecule has 6 nitrogen and oxygen atoms in total. The molecular weight excluding hydrogens is 338 g/mol. The molecule has 2 aromatic heterocycles. The van der Waals surface area contributed by atoms with Crippen LogP contribution in [0.15, 0.2) is 30.6 Å². The predicted molar refractivity (Wildman–Crippen MR) is 106 cm³/mol. The fraction of sp³-hybridized carbons (Fsp3) is 0.571. The van der Waals surface area contributed by atoms with Crippen molar-refractivity contribution in [2.24, 2.45) is 5.92 Å². The molecule has 27 heavy (non-hydrogen) atoms. The van der Waals surface area contributed by atoms with Crippen LogP contribution in [0, 0.1) is 12.8 Å². The number of hydrogen-bond acceptors (Lipinski definition) is 6. The van der Waals surface area contributed by atoms with E-state index in [-0.39, 0.29) is 0 Å². The summed E-state index contributed by atoms with van der Waals surface area (Å²) in [5.74, 6) is 2.85. The summed E-state index contributed by atoms with van der Waals surface area (Å²) in [5, 5.41) is 3.39. The molecule has 6 heteroatoms. The van der Waals surface area contributed by atoms with E-state index in [4.69, 9.17) is 9.72 Å². The van der Waals surface area contributed by atoms with Gasteiger partial charge in [-0.25, -0.2) is 9.97 Å². The minimum absolute atomic E-state index is 0.416. The largest absolute Gasteiger partial charge is 0.381 e. The second-order valence-corrected chi connectivity index (χ2v) is 7.73. The summed E-state index contributed by atoms with van der Waals surface area (Å²) < 4.78 is 5.51. The number of pyridine rings is 1. The Morgan fingerprint density at radius 2 is 2.00 bits per heavy atom. The van der Waals surface area contributed by atoms with Crippen molar-refractivity contribution in [3.05, 3.63) is 42.0 Å². The summed E-state index contributed by atoms with van der Waals surface area (Å²) >= 11 is 0. The second kappa shape index (κ2) is 8.76. The van der Waals surface area contributed by atoms with Gasteiger partial charge in [-0.15, -0.1) is 0 Å². The highest BCUT2D eigenvalue weighted by molar-refractivity contribution is 5.55. The smallest absolute Gasteiger partial charge is 0.153 e. The molecule has 0 spiro atoms. The molecule has 2 aliphatic heterocycles. The molecule has 4 rings (SSSR count). The maximum atomic E-state index is 5.51. The molecule has 2 aromatic rings. The van der Waals surface area contributed by atoms with Crippen molar-refractivity contribution in [2.45, 2.75) is 38.5 Å². The summed E-state index contributed by atoms with van der Waals surface area (Å²) in [6.07, 6.45) is 8.33. The van der Waals surface area contributed by atoms with Crippen LogP contribution in [0.4, 0.5) is 11.6 Å². The van der Waals surface area contributed by atoms with Gasteiger partial charge in [0.15, 0.2) is 5.82 Å². The van der Waals surface area contributed by atoms with E-state index in [1.54, 1.807) is 6.20 Å². The molecule has 0 saturated carbocycles. The third-order valence-electron chi connectivity index (χ3n) is 5.61. The first-order valence-corrected chi connectivity index (χ1v) is 10.1. The summed E-state index contributed by atoms with van der Waals surface area (Å²) in [6.45, 7) is 7.27. The minimum Gasteiger partial charge on any atom is -0.381 e. The third-order valence-corrected chi connectivity index (χ3v) is 5.61. The average Bonchev–Trinajstić information content (AvgIpc) is 2.69. The molecule has 0 aromatic carbocycles. The number of anilines is 2. The minimum atomic E-state index is 0.416. The van der Waals surface area contributed by atoms with Gasteiger partial charge in [-0.05, 0) is 57.2 Å². The molecule has 2 fully saturated rings. The van der Waals surface area contributed by atoms with Crippen molar-refractivity contribution in [1.82, 2.24) is 19.9 Å². The van der Waals surface area contributed by atoms with Gasteiger partial charge in [-0.1, -0.05) is 6.07 Å². The molecule has 0 amide bonds. The summed E-state index contributed by atoms with van der Waals surface area (Å²) in [5.41, 5.74) is 2.06. The Morgan fingerprint density at radius 1 is 1.15 bits per heavy atom. The Morgan fingerprint density at radius 3 is 2.85 bits per heavy atom. The van der Waals surface area contributed by atoms with Gasteiger partial charge in [0.25, 0.3) is 0 Å². The van der Waals surface area contributed by atoms with Crippen LogP contribution in [0.5, 0.6) is 0 Å². The highest BCUT2D eigenvalue weighted by Gasteiger charge is 2.27. The van der Waals surface area contributed by atoms with E-state index >= 15 is 0 Å². The maximum Gasteiger partial charge on any atom is 0.153 e. The molecule has 0 bridgehead atoms. The molecule has 2 aliphatic rings. The van der Waals surface area contributed by atoms with Crippen LogP contribution in [-0.2, 0) is 4.74 Å². The van der Waals surface area contributed by atoms with Gasteiger partial charge in [0.2, 0.25) is 0 Å². The van der Waals surface area contributed by atoms with Crippen LogP contribution in [-0.4, -0.2) is 52.7 Å². The maximum absolute atomic E-state index is 5.51. The summed E-state index contributed by atoms with van der Waals surface area (Å²) in [4.78, 5) is 16.4. The zero-order valence-electron chi connectivity index (χ0n) is 16.1. The second-order valence-electron chi connectivity index (χ2n) is 7.73. The Balaban J connectivity index is 1.45. The van der Waals surface area contributed by atoms with Crippen molar-refractivity contribution in [1.29, 1.82) is 0 Å². The van der Waals surface area contributed by atoms with Gasteiger partial charge in [0, 0.05) is 50.3 Å². The molecule has 1 N–H and O–H groups in total. The first-order chi connectivity index (χ1) is 13.3. The van der Waals surface area contributed by atoms with Crippen LogP contribution in [0.25, 0.3) is 0 Å². The van der Waals surface area contributed by atoms with Crippen LogP contribution < -0.4 is 5.32 Å². The number of rotatable bonds is 5. The summed E-state index contributed by atoms with van der Waals surface area (Å²) in [6, 6.07) is 5.98. The van der Waals surface area contributed by atoms with Gasteiger partial charge in [0.05, 0.1) is 5.69 Å². The quantitative estimate of drug-likeness (QED) is 0.872. The van der Waals surface area contributed by atoms with E-state index in [0.29, 0.717) is 5.92 Å². The van der Waals surface area contributed by atoms with Crippen molar-refractivity contribution in [2.75, 3.05) is 38.2 Å². The molecule has 1 unspecified atom stereocenters. The van der Waals surface area contributed by atoms with Gasteiger partial charge in [0.1, 0.15) is 5.82 Å². The molecule has 0 aliphatic carbocycles. The Hall–Kier alpha value is -2.05. The topological polar surface area (TPSA) is 63.2 Å². The molecular formula is C21H29N5O. The standard InChI is InChI=1S/C21H29N5O/c1-16-4-2-6-19(24-16)25-21-20(22-9-10-23-21)18-5-3-11-26(15-18)14-17-7-12-27-13-8-17/h2,4,6,9-10,17-18H,3,5,7-8,11-15H2,1H3,(H,23,24,25). The number of nitrogens with zero attached hydrogens (tertiary/aromatic N) is 4. The summed E-state index contributed by atoms with van der Waals surface area (Å²) in [7, 11) is 0. The van der Waals surface area contributed by atoms with Crippen molar-refractivity contribution in [3.63, 3.8) is 0 Å². The lowest BCUT2D eigenvalue weighted by Crippen LogP contribution is -2.39. The predicted octanol–water partition coefficient (Wildman–Crippen LogP) is 3.53. The number of aryl methyl sites for hydroxylation is 1. The average molecular weight is 367 g/mol. The Labute approximate surface area is 161 Å². The normalized spacial score (nSPS) is 21.9. The van der Waals surface area contributed by atoms with E-state index < -0.39 is 0 Å². The lowest BCUT2D eigenvalue weighted by Gasteiger charge is -2.36. The number of likely N-dealkylation sites (tertiary alicyclic amines) is 1. The molecule has 2 saturated heterocycles. The van der Waals surface area contributed by atoms with E-state index in [0.717, 1.165) is 48.7 Å². The van der Waals surface area contributed by atoms with Crippen molar-refractivity contribution < 1.29 is 4.74 Å². The first kappa shape index (κ1) is 18.3. The molecule has 0 radical (unpaired) electrons. The Bertz CT molecular complexity index is 747. The monoisotopic (exact) mass is 367 g/mol. The van der Waals surface area contributed by atoms with Crippen molar-refractivity contribution >= 4 is 11.6 Å². The number of ether oxygens (including phenoxy) is 1.